The number of para-hydroxylation sites is 2. The Hall–Kier alpha value is -6.11. The second kappa shape index (κ2) is 21.4. The number of amides is 2. The molecule has 0 saturated heterocycles. The number of carbonyl (C=O) groups is 3. The first-order valence-electron chi connectivity index (χ1n) is 18.5. The molecule has 310 valence electrons. The number of hydrogen-bond acceptors (Lipinski definition) is 9. The highest BCUT2D eigenvalue weighted by atomic mass is 19.4. The van der Waals surface area contributed by atoms with Gasteiger partial charge in [-0.05, 0) is 78.9 Å². The lowest BCUT2D eigenvalue weighted by Crippen LogP contribution is -2.51. The molecule has 9 N–H and O–H groups in total. The molecule has 0 aliphatic rings. The Morgan fingerprint density at radius 2 is 1.47 bits per heavy atom. The molecule has 3 aromatic heterocycles. The third-order valence-corrected chi connectivity index (χ3v) is 8.65. The van der Waals surface area contributed by atoms with E-state index in [-0.39, 0.29) is 18.4 Å². The van der Waals surface area contributed by atoms with Gasteiger partial charge in [0.05, 0.1) is 18.8 Å². The molecule has 58 heavy (non-hydrogen) atoms. The van der Waals surface area contributed by atoms with Crippen molar-refractivity contribution in [2.45, 2.75) is 70.4 Å². The molecule has 0 saturated carbocycles. The highest BCUT2D eigenvalue weighted by molar-refractivity contribution is 5.85. The number of nitrogens with one attached hydrogen (secondary N) is 4. The third kappa shape index (κ3) is 13.8. The van der Waals surface area contributed by atoms with Crippen LogP contribution in [0.3, 0.4) is 0 Å². The molecule has 18 heteroatoms. The maximum absolute atomic E-state index is 12.7. The molecule has 6 rings (SSSR count). The Bertz CT molecular complexity index is 2200. The first kappa shape index (κ1) is 44.6. The normalized spacial score (nSPS) is 11.9. The van der Waals surface area contributed by atoms with E-state index in [1.165, 1.54) is 27.4 Å². The van der Waals surface area contributed by atoms with Gasteiger partial charge in [0.25, 0.3) is 0 Å². The maximum atomic E-state index is 12.7. The summed E-state index contributed by atoms with van der Waals surface area (Å²) >= 11 is 0. The van der Waals surface area contributed by atoms with E-state index in [1.807, 2.05) is 67.0 Å². The molecular formula is C40H49F3N10O5. The first-order valence-corrected chi connectivity index (χ1v) is 18.5. The van der Waals surface area contributed by atoms with Crippen LogP contribution in [-0.4, -0.2) is 84.5 Å². The number of aromatic amines is 2. The van der Waals surface area contributed by atoms with Crippen LogP contribution in [0.1, 0.15) is 55.2 Å². The molecule has 3 aromatic carbocycles. The average Bonchev–Trinajstić information content (AvgIpc) is 3.94. The fraction of sp³-hybridized carbons (Fsp3) is 0.350. The molecule has 1 atom stereocenters. The van der Waals surface area contributed by atoms with Gasteiger partial charge in [-0.15, -0.1) is 5.10 Å². The molecule has 15 nitrogen and oxygen atoms in total. The van der Waals surface area contributed by atoms with Crippen LogP contribution in [0.4, 0.5) is 13.2 Å². The predicted octanol–water partition coefficient (Wildman–Crippen LogP) is 4.71. The third-order valence-electron chi connectivity index (χ3n) is 8.65. The summed E-state index contributed by atoms with van der Waals surface area (Å²) in [7, 11) is 0. The zero-order valence-corrected chi connectivity index (χ0v) is 32.3. The Morgan fingerprint density at radius 3 is 2.03 bits per heavy atom. The van der Waals surface area contributed by atoms with Gasteiger partial charge >= 0.3 is 12.1 Å². The van der Waals surface area contributed by atoms with Gasteiger partial charge in [0.15, 0.2) is 5.82 Å². The van der Waals surface area contributed by atoms with Gasteiger partial charge in [0.2, 0.25) is 11.8 Å². The molecule has 0 aliphatic carbocycles. The van der Waals surface area contributed by atoms with Crippen molar-refractivity contribution in [2.24, 2.45) is 11.5 Å². The number of H-pyrrole nitrogens is 2. The van der Waals surface area contributed by atoms with Crippen LogP contribution in [0.5, 0.6) is 0 Å². The molecule has 0 aliphatic heterocycles. The summed E-state index contributed by atoms with van der Waals surface area (Å²) < 4.78 is 39.2. The number of carbonyl (C=O) groups excluding carboxylic acids is 2. The van der Waals surface area contributed by atoms with Crippen molar-refractivity contribution in [3.8, 4) is 0 Å². The quantitative estimate of drug-likeness (QED) is 0.0712. The van der Waals surface area contributed by atoms with Crippen LogP contribution in [0.15, 0.2) is 91.3 Å². The highest BCUT2D eigenvalue weighted by Crippen LogP contribution is 2.19. The van der Waals surface area contributed by atoms with Crippen molar-refractivity contribution in [1.29, 1.82) is 0 Å². The molecule has 0 fully saturated rings. The number of tetrazole rings is 1. The number of benzene rings is 3. The number of hydrogen-bond donors (Lipinski definition) is 7. The number of halogens is 3. The van der Waals surface area contributed by atoms with E-state index in [2.05, 4.69) is 60.4 Å². The van der Waals surface area contributed by atoms with Crippen molar-refractivity contribution >= 4 is 39.6 Å². The van der Waals surface area contributed by atoms with E-state index in [0.29, 0.717) is 44.9 Å². The van der Waals surface area contributed by atoms with Gasteiger partial charge < -0.3 is 41.9 Å². The van der Waals surface area contributed by atoms with Gasteiger partial charge in [-0.1, -0.05) is 66.7 Å². The number of ether oxygens (including phenoxy) is 1. The molecular weight excluding hydrogens is 757 g/mol. The number of aliphatic carboxylic acids is 1. The second-order valence-corrected chi connectivity index (χ2v) is 13.8. The monoisotopic (exact) mass is 806 g/mol. The van der Waals surface area contributed by atoms with Crippen LogP contribution < -0.4 is 22.1 Å². The number of nitrogens with zero attached hydrogens (tertiary/aromatic N) is 4. The van der Waals surface area contributed by atoms with Crippen LogP contribution >= 0.6 is 0 Å². The van der Waals surface area contributed by atoms with Crippen LogP contribution in [-0.2, 0) is 45.1 Å². The standard InChI is InChI=1S/C28H36N8O3.C10H12N2.C2HF3O2/c1-28(2,29)27(38)32-24(19-39-18-20-9-4-3-5-10-20)26-33-34-35-36(26)16-8-13-25(37)30-15-14-21-17-31-23-12-7-6-11-22(21)23;11-6-5-8-7-12-10-4-2-1-3-9(8)10;3-2(4,5)1(6)7/h3-7,9-12,17,24,31H,8,13-16,18-19,29H2,1-2H3,(H,30,37)(H,32,38);1-4,7,12H,5-6,11H2;(H,6,7)/t24-;;/m1../s1. The lowest BCUT2D eigenvalue weighted by atomic mass is 10.1. The number of nitrogens with two attached hydrogens (primary N) is 2. The lowest BCUT2D eigenvalue weighted by Gasteiger charge is -2.23. The Morgan fingerprint density at radius 1 is 0.897 bits per heavy atom. The largest absolute Gasteiger partial charge is 0.490 e. The minimum atomic E-state index is -5.08. The Labute approximate surface area is 332 Å². The molecule has 0 spiro atoms. The van der Waals surface area contributed by atoms with Crippen molar-refractivity contribution in [1.82, 2.24) is 40.8 Å². The summed E-state index contributed by atoms with van der Waals surface area (Å²) in [5.41, 5.74) is 16.2. The molecule has 0 radical (unpaired) electrons. The molecule has 0 bridgehead atoms. The van der Waals surface area contributed by atoms with E-state index < -0.39 is 23.7 Å². The average molecular weight is 807 g/mol. The number of rotatable bonds is 16. The van der Waals surface area contributed by atoms with E-state index in [9.17, 15) is 22.8 Å². The smallest absolute Gasteiger partial charge is 0.475 e. The van der Waals surface area contributed by atoms with Crippen LogP contribution in [0, 0.1) is 0 Å². The van der Waals surface area contributed by atoms with E-state index >= 15 is 0 Å². The number of alkyl halides is 3. The Kier molecular flexibility index (Phi) is 16.5. The number of aryl methyl sites for hydroxylation is 1. The van der Waals surface area contributed by atoms with E-state index in [4.69, 9.17) is 26.1 Å². The number of carboxylic acid groups (broad SMARTS) is 1. The van der Waals surface area contributed by atoms with E-state index in [0.717, 1.165) is 23.9 Å². The number of carboxylic acids is 1. The van der Waals surface area contributed by atoms with E-state index in [1.54, 1.807) is 18.5 Å². The van der Waals surface area contributed by atoms with Gasteiger partial charge in [-0.2, -0.15) is 13.2 Å². The summed E-state index contributed by atoms with van der Waals surface area (Å²) in [6.45, 7) is 5.47. The number of fused-ring (bicyclic) bond motifs is 2. The van der Waals surface area contributed by atoms with Gasteiger partial charge in [0, 0.05) is 53.7 Å². The fourth-order valence-electron chi connectivity index (χ4n) is 5.66. The van der Waals surface area contributed by atoms with Crippen molar-refractivity contribution < 1.29 is 37.4 Å². The number of aromatic nitrogens is 6. The highest BCUT2D eigenvalue weighted by Gasteiger charge is 2.38. The lowest BCUT2D eigenvalue weighted by molar-refractivity contribution is -0.192. The van der Waals surface area contributed by atoms with Crippen molar-refractivity contribution in [3.05, 3.63) is 114 Å². The topological polar surface area (TPSA) is 232 Å². The molecule has 0 unspecified atom stereocenters. The summed E-state index contributed by atoms with van der Waals surface area (Å²) in [6.07, 6.45) is 1.49. The fourth-order valence-corrected chi connectivity index (χ4v) is 5.66. The minimum Gasteiger partial charge on any atom is -0.475 e. The first-order chi connectivity index (χ1) is 27.7. The van der Waals surface area contributed by atoms with Crippen molar-refractivity contribution in [2.75, 3.05) is 19.7 Å². The SMILES string of the molecule is CC(C)(N)C(=O)N[C@H](COCc1ccccc1)c1nnnn1CCCC(=O)NCCc1c[nH]c2ccccc12.NCCc1c[nH]c2ccccc12.O=C(O)C(F)(F)F. The zero-order chi connectivity index (χ0) is 42.1. The van der Waals surface area contributed by atoms with Crippen LogP contribution in [0.2, 0.25) is 0 Å². The minimum absolute atomic E-state index is 0.0367. The van der Waals surface area contributed by atoms with Crippen LogP contribution in [0.25, 0.3) is 21.8 Å². The maximum Gasteiger partial charge on any atom is 0.490 e. The zero-order valence-electron chi connectivity index (χ0n) is 32.3. The van der Waals surface area contributed by atoms with Gasteiger partial charge in [0.1, 0.15) is 6.04 Å². The predicted molar refractivity (Wildman–Crippen MR) is 212 cm³/mol. The summed E-state index contributed by atoms with van der Waals surface area (Å²) in [5.74, 6) is -2.70. The summed E-state index contributed by atoms with van der Waals surface area (Å²) in [6, 6.07) is 25.5. The summed E-state index contributed by atoms with van der Waals surface area (Å²) in [4.78, 5) is 40.5. The molecule has 6 aromatic rings. The Balaban J connectivity index is 0.000000319. The second-order valence-electron chi connectivity index (χ2n) is 13.8. The molecule has 3 heterocycles. The van der Waals surface area contributed by atoms with Gasteiger partial charge in [-0.25, -0.2) is 9.48 Å². The van der Waals surface area contributed by atoms with Gasteiger partial charge in [-0.3, -0.25) is 9.59 Å². The molecule has 2 amide bonds. The van der Waals surface area contributed by atoms with Crippen molar-refractivity contribution in [3.63, 3.8) is 0 Å². The summed E-state index contributed by atoms with van der Waals surface area (Å²) in [5, 5.41) is 27.5.